The lowest BCUT2D eigenvalue weighted by Gasteiger charge is -2.22. The summed E-state index contributed by atoms with van der Waals surface area (Å²) in [7, 11) is 5.46. The van der Waals surface area contributed by atoms with E-state index in [2.05, 4.69) is 5.43 Å². The molecule has 1 aromatic carbocycles. The smallest absolute Gasteiger partial charge is 0.231 e. The zero-order chi connectivity index (χ0) is 13.1. The van der Waals surface area contributed by atoms with Gasteiger partial charge in [-0.25, -0.2) is 10.4 Å². The summed E-state index contributed by atoms with van der Waals surface area (Å²) < 4.78 is 16.1. The average Bonchev–Trinajstić information content (AvgIpc) is 2.82. The standard InChI is InChI=1S/C12H19N3O3/c1-15(2)14-9(6-13)8-4-10(16-3)12-11(5-8)17-7-18-12/h4-5,9,14H,6-7,13H2,1-3H3. The Morgan fingerprint density at radius 3 is 2.83 bits per heavy atom. The molecule has 1 atom stereocenters. The topological polar surface area (TPSA) is 69.0 Å². The van der Waals surface area contributed by atoms with Crippen LogP contribution in [0.1, 0.15) is 11.6 Å². The van der Waals surface area contributed by atoms with E-state index in [0.29, 0.717) is 23.8 Å². The minimum atomic E-state index is 0.00315. The van der Waals surface area contributed by atoms with Crippen LogP contribution in [0.5, 0.6) is 17.2 Å². The summed E-state index contributed by atoms with van der Waals surface area (Å²) in [4.78, 5) is 0. The largest absolute Gasteiger partial charge is 0.493 e. The summed E-state index contributed by atoms with van der Waals surface area (Å²) in [5.74, 6) is 2.02. The van der Waals surface area contributed by atoms with Gasteiger partial charge in [0.05, 0.1) is 13.2 Å². The van der Waals surface area contributed by atoms with Crippen LogP contribution in [0.4, 0.5) is 0 Å². The Bertz CT molecular complexity index is 423. The molecule has 0 radical (unpaired) electrons. The molecular formula is C12H19N3O3. The molecule has 100 valence electrons. The zero-order valence-electron chi connectivity index (χ0n) is 10.9. The predicted molar refractivity (Wildman–Crippen MR) is 67.7 cm³/mol. The lowest BCUT2D eigenvalue weighted by Crippen LogP contribution is -2.37. The van der Waals surface area contributed by atoms with E-state index in [9.17, 15) is 0 Å². The molecule has 18 heavy (non-hydrogen) atoms. The second kappa shape index (κ2) is 5.43. The van der Waals surface area contributed by atoms with E-state index in [-0.39, 0.29) is 12.8 Å². The van der Waals surface area contributed by atoms with Crippen LogP contribution >= 0.6 is 0 Å². The highest BCUT2D eigenvalue weighted by Crippen LogP contribution is 2.42. The van der Waals surface area contributed by atoms with Crippen molar-refractivity contribution >= 4 is 0 Å². The molecule has 3 N–H and O–H groups in total. The van der Waals surface area contributed by atoms with E-state index in [1.165, 1.54) is 0 Å². The fourth-order valence-corrected chi connectivity index (χ4v) is 1.93. The SMILES string of the molecule is COc1cc(C(CN)NN(C)C)cc2c1OCO2. The van der Waals surface area contributed by atoms with Gasteiger partial charge in [-0.05, 0) is 17.7 Å². The van der Waals surface area contributed by atoms with Gasteiger partial charge in [0.25, 0.3) is 0 Å². The first-order valence-electron chi connectivity index (χ1n) is 5.76. The number of ether oxygens (including phenoxy) is 3. The second-order valence-corrected chi connectivity index (χ2v) is 4.27. The number of nitrogens with zero attached hydrogens (tertiary/aromatic N) is 1. The molecule has 0 bridgehead atoms. The van der Waals surface area contributed by atoms with Crippen LogP contribution in [0, 0.1) is 0 Å². The van der Waals surface area contributed by atoms with Crippen LogP contribution in [0.3, 0.4) is 0 Å². The summed E-state index contributed by atoms with van der Waals surface area (Å²) in [5.41, 5.74) is 10.0. The number of benzene rings is 1. The second-order valence-electron chi connectivity index (χ2n) is 4.27. The van der Waals surface area contributed by atoms with Crippen molar-refractivity contribution in [3.8, 4) is 17.2 Å². The fraction of sp³-hybridized carbons (Fsp3) is 0.500. The van der Waals surface area contributed by atoms with Gasteiger partial charge in [0.1, 0.15) is 0 Å². The number of nitrogens with two attached hydrogens (primary N) is 1. The summed E-state index contributed by atoms with van der Waals surface area (Å²) in [6.45, 7) is 0.699. The summed E-state index contributed by atoms with van der Waals surface area (Å²) in [6, 6.07) is 3.85. The monoisotopic (exact) mass is 253 g/mol. The van der Waals surface area contributed by atoms with E-state index in [1.807, 2.05) is 31.2 Å². The van der Waals surface area contributed by atoms with Crippen molar-refractivity contribution in [3.63, 3.8) is 0 Å². The molecule has 6 nitrogen and oxygen atoms in total. The Balaban J connectivity index is 2.32. The maximum Gasteiger partial charge on any atom is 0.231 e. The molecule has 0 saturated heterocycles. The van der Waals surface area contributed by atoms with Gasteiger partial charge in [0, 0.05) is 20.6 Å². The van der Waals surface area contributed by atoms with Gasteiger partial charge in [0.15, 0.2) is 11.5 Å². The van der Waals surface area contributed by atoms with E-state index in [4.69, 9.17) is 19.9 Å². The lowest BCUT2D eigenvalue weighted by molar-refractivity contribution is 0.171. The van der Waals surface area contributed by atoms with Crippen molar-refractivity contribution in [2.24, 2.45) is 5.73 Å². The number of hydrogen-bond donors (Lipinski definition) is 2. The Morgan fingerprint density at radius 1 is 1.44 bits per heavy atom. The maximum atomic E-state index is 5.79. The molecule has 1 unspecified atom stereocenters. The molecular weight excluding hydrogens is 234 g/mol. The Hall–Kier alpha value is -1.50. The first-order valence-corrected chi connectivity index (χ1v) is 5.76. The van der Waals surface area contributed by atoms with Crippen molar-refractivity contribution in [1.29, 1.82) is 0 Å². The van der Waals surface area contributed by atoms with Gasteiger partial charge in [-0.1, -0.05) is 0 Å². The van der Waals surface area contributed by atoms with E-state index < -0.39 is 0 Å². The molecule has 0 amide bonds. The fourth-order valence-electron chi connectivity index (χ4n) is 1.93. The molecule has 0 spiro atoms. The van der Waals surface area contributed by atoms with Gasteiger partial charge in [0.2, 0.25) is 12.5 Å². The summed E-state index contributed by atoms with van der Waals surface area (Å²) in [5, 5.41) is 1.87. The predicted octanol–water partition coefficient (Wildman–Crippen LogP) is 0.490. The van der Waals surface area contributed by atoms with Crippen molar-refractivity contribution in [1.82, 2.24) is 10.4 Å². The minimum absolute atomic E-state index is 0.00315. The first kappa shape index (κ1) is 12.9. The van der Waals surface area contributed by atoms with E-state index in [0.717, 1.165) is 5.56 Å². The van der Waals surface area contributed by atoms with Crippen molar-refractivity contribution < 1.29 is 14.2 Å². The third-order valence-corrected chi connectivity index (χ3v) is 2.73. The quantitative estimate of drug-likeness (QED) is 0.744. The normalized spacial score (nSPS) is 14.9. The zero-order valence-corrected chi connectivity index (χ0v) is 10.9. The molecule has 2 rings (SSSR count). The van der Waals surface area contributed by atoms with Gasteiger partial charge < -0.3 is 19.9 Å². The van der Waals surface area contributed by atoms with Crippen molar-refractivity contribution in [2.45, 2.75) is 6.04 Å². The van der Waals surface area contributed by atoms with E-state index in [1.54, 1.807) is 7.11 Å². The lowest BCUT2D eigenvalue weighted by atomic mass is 10.1. The van der Waals surface area contributed by atoms with Crippen LogP contribution < -0.4 is 25.4 Å². The molecule has 1 aliphatic heterocycles. The number of hydrogen-bond acceptors (Lipinski definition) is 6. The molecule has 0 saturated carbocycles. The van der Waals surface area contributed by atoms with Crippen LogP contribution in [-0.2, 0) is 0 Å². The van der Waals surface area contributed by atoms with Gasteiger partial charge in [-0.2, -0.15) is 0 Å². The number of methoxy groups -OCH3 is 1. The van der Waals surface area contributed by atoms with Crippen LogP contribution in [-0.4, -0.2) is 39.6 Å². The molecule has 1 aliphatic rings. The third-order valence-electron chi connectivity index (χ3n) is 2.73. The Labute approximate surface area is 107 Å². The number of rotatable bonds is 5. The van der Waals surface area contributed by atoms with Crippen LogP contribution in [0.2, 0.25) is 0 Å². The van der Waals surface area contributed by atoms with Crippen molar-refractivity contribution in [3.05, 3.63) is 17.7 Å². The molecule has 1 heterocycles. The highest BCUT2D eigenvalue weighted by Gasteiger charge is 2.22. The van der Waals surface area contributed by atoms with Gasteiger partial charge in [-0.3, -0.25) is 0 Å². The highest BCUT2D eigenvalue weighted by atomic mass is 16.7. The highest BCUT2D eigenvalue weighted by molar-refractivity contribution is 5.55. The molecule has 1 aromatic rings. The van der Waals surface area contributed by atoms with Crippen molar-refractivity contribution in [2.75, 3.05) is 34.5 Å². The molecule has 0 aromatic heterocycles. The summed E-state index contributed by atoms with van der Waals surface area (Å²) in [6.07, 6.45) is 0. The Kier molecular flexibility index (Phi) is 3.90. The van der Waals surface area contributed by atoms with Gasteiger partial charge >= 0.3 is 0 Å². The average molecular weight is 253 g/mol. The Morgan fingerprint density at radius 2 is 2.22 bits per heavy atom. The van der Waals surface area contributed by atoms with Crippen LogP contribution in [0.25, 0.3) is 0 Å². The first-order chi connectivity index (χ1) is 8.65. The minimum Gasteiger partial charge on any atom is -0.493 e. The molecule has 0 aliphatic carbocycles. The maximum absolute atomic E-state index is 5.79. The summed E-state index contributed by atoms with van der Waals surface area (Å²) >= 11 is 0. The third kappa shape index (κ3) is 2.50. The molecule has 6 heteroatoms. The number of nitrogens with one attached hydrogen (secondary N) is 1. The van der Waals surface area contributed by atoms with E-state index >= 15 is 0 Å². The number of hydrazine groups is 1. The van der Waals surface area contributed by atoms with Crippen LogP contribution in [0.15, 0.2) is 12.1 Å². The van der Waals surface area contributed by atoms with Gasteiger partial charge in [-0.15, -0.1) is 0 Å². The molecule has 0 fully saturated rings. The number of fused-ring (bicyclic) bond motifs is 1.